The van der Waals surface area contributed by atoms with Crippen LogP contribution in [-0.4, -0.2) is 64.2 Å². The number of fused-ring (bicyclic) bond motifs is 1. The number of hydrogen-bond acceptors (Lipinski definition) is 8. The number of aliphatic hydroxyl groups is 1. The van der Waals surface area contributed by atoms with Crippen LogP contribution in [0.4, 0.5) is 4.79 Å². The fourth-order valence-electron chi connectivity index (χ4n) is 5.71. The van der Waals surface area contributed by atoms with Gasteiger partial charge in [0.2, 0.25) is 17.7 Å². The van der Waals surface area contributed by atoms with Gasteiger partial charge in [0.15, 0.2) is 0 Å². The zero-order valence-corrected chi connectivity index (χ0v) is 30.5. The number of benzene rings is 3. The van der Waals surface area contributed by atoms with E-state index < -0.39 is 42.1 Å². The maximum atomic E-state index is 14.1. The second-order valence-corrected chi connectivity index (χ2v) is 14.0. The molecule has 4 amide bonds. The van der Waals surface area contributed by atoms with Crippen LogP contribution >= 0.6 is 11.3 Å². The summed E-state index contributed by atoms with van der Waals surface area (Å²) in [6.07, 6.45) is -0.788. The van der Waals surface area contributed by atoms with E-state index in [2.05, 4.69) is 26.3 Å². The first-order chi connectivity index (χ1) is 24.5. The molecule has 3 aromatic carbocycles. The number of nitrogens with zero attached hydrogens (tertiary/aromatic N) is 1. The number of thiazole rings is 1. The minimum absolute atomic E-state index is 0.0130. The van der Waals surface area contributed by atoms with Crippen LogP contribution in [0.3, 0.4) is 0 Å². The van der Waals surface area contributed by atoms with Crippen molar-refractivity contribution < 1.29 is 29.0 Å². The van der Waals surface area contributed by atoms with Gasteiger partial charge in [-0.25, -0.2) is 9.78 Å². The van der Waals surface area contributed by atoms with Crippen LogP contribution in [0.2, 0.25) is 0 Å². The van der Waals surface area contributed by atoms with E-state index in [-0.39, 0.29) is 43.7 Å². The molecule has 0 fully saturated rings. The van der Waals surface area contributed by atoms with Crippen LogP contribution in [-0.2, 0) is 38.6 Å². The third kappa shape index (κ3) is 12.5. The molecular formula is C39H49N5O6S. The van der Waals surface area contributed by atoms with Crippen molar-refractivity contribution in [3.05, 3.63) is 101 Å². The van der Waals surface area contributed by atoms with E-state index in [1.807, 2.05) is 100 Å². The summed E-state index contributed by atoms with van der Waals surface area (Å²) < 4.78 is 5.47. The summed E-state index contributed by atoms with van der Waals surface area (Å²) in [5, 5.41) is 26.2. The number of ether oxygens (including phenoxy) is 1. The van der Waals surface area contributed by atoms with E-state index >= 15 is 0 Å². The first-order valence-corrected chi connectivity index (χ1v) is 18.4. The third-order valence-corrected chi connectivity index (χ3v) is 9.22. The predicted molar refractivity (Wildman–Crippen MR) is 199 cm³/mol. The Kier molecular flexibility index (Phi) is 14.9. The van der Waals surface area contributed by atoms with Crippen molar-refractivity contribution in [2.75, 3.05) is 0 Å². The third-order valence-electron chi connectivity index (χ3n) is 8.59. The smallest absolute Gasteiger partial charge is 0.408 e. The average molecular weight is 716 g/mol. The van der Waals surface area contributed by atoms with Gasteiger partial charge in [-0.1, -0.05) is 93.6 Å². The summed E-state index contributed by atoms with van der Waals surface area (Å²) in [7, 11) is 0. The number of hydrogen-bond donors (Lipinski definition) is 5. The topological polar surface area (TPSA) is 159 Å². The second-order valence-electron chi connectivity index (χ2n) is 13.2. The van der Waals surface area contributed by atoms with Crippen molar-refractivity contribution in [2.24, 2.45) is 5.92 Å². The monoisotopic (exact) mass is 715 g/mol. The van der Waals surface area contributed by atoms with Gasteiger partial charge in [0, 0.05) is 24.3 Å². The quantitative estimate of drug-likeness (QED) is 0.0964. The van der Waals surface area contributed by atoms with Crippen molar-refractivity contribution in [3.63, 3.8) is 0 Å². The van der Waals surface area contributed by atoms with Gasteiger partial charge in [0.05, 0.1) is 29.8 Å². The molecule has 3 unspecified atom stereocenters. The van der Waals surface area contributed by atoms with E-state index in [9.17, 15) is 24.3 Å². The summed E-state index contributed by atoms with van der Waals surface area (Å²) in [4.78, 5) is 58.1. The lowest BCUT2D eigenvalue weighted by atomic mass is 9.96. The molecule has 0 saturated carbocycles. The van der Waals surface area contributed by atoms with Crippen molar-refractivity contribution >= 4 is 45.9 Å². The highest BCUT2D eigenvalue weighted by Gasteiger charge is 2.32. The van der Waals surface area contributed by atoms with Gasteiger partial charge in [-0.15, -0.1) is 11.3 Å². The standard InChI is InChI=1S/C39H49N5O6S/c1-5-26(4)41-36(46)21-35(45)32(18-25(2)3)42-38(48)34(20-30-23-51-24-40-30)43-37(47)33(44-39(49)50-22-27-12-7-6-8-13-27)19-29-16-11-15-28-14-9-10-17-31(28)29/h6-17,23-26,32-35,45H,5,18-22H2,1-4H3,(H,41,46)(H,42,48)(H,43,47)(H,44,49)/t26?,32?,33-,34-,35?/m0/s1. The van der Waals surface area contributed by atoms with Crippen molar-refractivity contribution in [1.29, 1.82) is 0 Å². The highest BCUT2D eigenvalue weighted by atomic mass is 32.1. The van der Waals surface area contributed by atoms with Crippen molar-refractivity contribution in [3.8, 4) is 0 Å². The van der Waals surface area contributed by atoms with Crippen molar-refractivity contribution in [2.45, 2.75) is 96.7 Å². The Balaban J connectivity index is 1.56. The highest BCUT2D eigenvalue weighted by Crippen LogP contribution is 2.20. The Morgan fingerprint density at radius 3 is 2.22 bits per heavy atom. The molecular weight excluding hydrogens is 667 g/mol. The highest BCUT2D eigenvalue weighted by molar-refractivity contribution is 7.07. The first-order valence-electron chi connectivity index (χ1n) is 17.4. The summed E-state index contributed by atoms with van der Waals surface area (Å²) in [6, 6.07) is 19.7. The van der Waals surface area contributed by atoms with Crippen molar-refractivity contribution in [1.82, 2.24) is 26.3 Å². The van der Waals surface area contributed by atoms with Crippen LogP contribution in [0.15, 0.2) is 83.7 Å². The zero-order chi connectivity index (χ0) is 36.8. The Bertz CT molecular complexity index is 1710. The van der Waals surface area contributed by atoms with E-state index in [0.29, 0.717) is 12.1 Å². The number of alkyl carbamates (subject to hydrolysis) is 1. The molecule has 4 aromatic rings. The fourth-order valence-corrected chi connectivity index (χ4v) is 6.28. The normalized spacial score (nSPS) is 14.2. The molecule has 1 heterocycles. The average Bonchev–Trinajstić information content (AvgIpc) is 3.63. The lowest BCUT2D eigenvalue weighted by Gasteiger charge is -2.29. The zero-order valence-electron chi connectivity index (χ0n) is 29.6. The molecule has 272 valence electrons. The Hall–Kier alpha value is -4.81. The Morgan fingerprint density at radius 1 is 0.824 bits per heavy atom. The number of aromatic nitrogens is 1. The van der Waals surface area contributed by atoms with E-state index in [4.69, 9.17) is 4.74 Å². The number of rotatable bonds is 18. The molecule has 0 saturated heterocycles. The predicted octanol–water partition coefficient (Wildman–Crippen LogP) is 5.06. The lowest BCUT2D eigenvalue weighted by molar-refractivity contribution is -0.131. The fraction of sp³-hybridized carbons (Fsp3) is 0.410. The number of aliphatic hydroxyl groups excluding tert-OH is 1. The molecule has 5 N–H and O–H groups in total. The molecule has 0 radical (unpaired) electrons. The molecule has 51 heavy (non-hydrogen) atoms. The maximum Gasteiger partial charge on any atom is 0.408 e. The van der Waals surface area contributed by atoms with Crippen LogP contribution in [0.5, 0.6) is 0 Å². The van der Waals surface area contributed by atoms with Gasteiger partial charge < -0.3 is 31.1 Å². The summed E-state index contributed by atoms with van der Waals surface area (Å²) in [5.74, 6) is -1.36. The minimum atomic E-state index is -1.16. The Morgan fingerprint density at radius 2 is 1.51 bits per heavy atom. The van der Waals surface area contributed by atoms with Crippen LogP contribution in [0, 0.1) is 5.92 Å². The van der Waals surface area contributed by atoms with Gasteiger partial charge in [0.1, 0.15) is 18.7 Å². The number of carbonyl (C=O) groups excluding carboxylic acids is 4. The molecule has 11 nitrogen and oxygen atoms in total. The summed E-state index contributed by atoms with van der Waals surface area (Å²) >= 11 is 1.36. The number of carbonyl (C=O) groups is 4. The number of amides is 4. The van der Waals surface area contributed by atoms with E-state index in [1.165, 1.54) is 11.3 Å². The summed E-state index contributed by atoms with van der Waals surface area (Å²) in [6.45, 7) is 7.77. The van der Waals surface area contributed by atoms with E-state index in [0.717, 1.165) is 28.3 Å². The molecule has 0 aliphatic carbocycles. The van der Waals surface area contributed by atoms with Gasteiger partial charge in [-0.3, -0.25) is 14.4 Å². The van der Waals surface area contributed by atoms with Gasteiger partial charge in [-0.05, 0) is 47.6 Å². The summed E-state index contributed by atoms with van der Waals surface area (Å²) in [5.41, 5.74) is 3.85. The van der Waals surface area contributed by atoms with Crippen LogP contribution in [0.1, 0.15) is 63.8 Å². The Labute approximate surface area is 303 Å². The number of nitrogens with one attached hydrogen (secondary N) is 4. The molecule has 0 bridgehead atoms. The SMILES string of the molecule is CCC(C)NC(=O)CC(O)C(CC(C)C)NC(=O)[C@H](Cc1cscn1)NC(=O)[C@H](Cc1cccc2ccccc12)NC(=O)OCc1ccccc1. The molecule has 1 aromatic heterocycles. The molecule has 0 aliphatic rings. The first kappa shape index (κ1) is 39.0. The molecule has 4 rings (SSSR count). The van der Waals surface area contributed by atoms with Crippen LogP contribution in [0.25, 0.3) is 10.8 Å². The minimum Gasteiger partial charge on any atom is -0.445 e. The van der Waals surface area contributed by atoms with E-state index in [1.54, 1.807) is 10.9 Å². The van der Waals surface area contributed by atoms with Gasteiger partial charge in [-0.2, -0.15) is 0 Å². The molecule has 12 heteroatoms. The van der Waals surface area contributed by atoms with Crippen LogP contribution < -0.4 is 21.3 Å². The molecule has 0 aliphatic heterocycles. The van der Waals surface area contributed by atoms with Gasteiger partial charge in [0.25, 0.3) is 0 Å². The second kappa shape index (κ2) is 19.5. The van der Waals surface area contributed by atoms with Gasteiger partial charge >= 0.3 is 6.09 Å². The largest absolute Gasteiger partial charge is 0.445 e. The lowest BCUT2D eigenvalue weighted by Crippen LogP contribution is -2.57. The molecule has 5 atom stereocenters. The maximum absolute atomic E-state index is 14.1. The molecule has 0 spiro atoms.